The van der Waals surface area contributed by atoms with Crippen LogP contribution in [0.4, 0.5) is 0 Å². The molecule has 0 unspecified atom stereocenters. The fraction of sp³-hybridized carbons (Fsp3) is 0.455. The van der Waals surface area contributed by atoms with Crippen LogP contribution in [0.1, 0.15) is 13.8 Å². The van der Waals surface area contributed by atoms with Crippen molar-refractivity contribution in [3.8, 4) is 0 Å². The Morgan fingerprint density at radius 3 is 2.35 bits per heavy atom. The van der Waals surface area contributed by atoms with E-state index in [1.165, 1.54) is 11.4 Å². The molecule has 0 N–H and O–H groups in total. The summed E-state index contributed by atoms with van der Waals surface area (Å²) in [5.74, 6) is 0. The molecule has 0 aliphatic rings. The van der Waals surface area contributed by atoms with Gasteiger partial charge in [0.05, 0.1) is 23.3 Å². The van der Waals surface area contributed by atoms with Crippen molar-refractivity contribution in [3.63, 3.8) is 0 Å². The van der Waals surface area contributed by atoms with Crippen LogP contribution < -0.4 is 0 Å². The maximum Gasteiger partial charge on any atom is 0.248 e. The second-order valence-electron chi connectivity index (χ2n) is 3.25. The van der Waals surface area contributed by atoms with Crippen molar-refractivity contribution in [1.29, 1.82) is 0 Å². The monoisotopic (exact) mass is 571 g/mol. The van der Waals surface area contributed by atoms with Gasteiger partial charge in [-0.05, 0) is 43.9 Å². The SMILES string of the molecule is CCOP(=S)(OCC)SCSc1cc(Cl)ccc1Cl.[Pt]. The predicted octanol–water partition coefficient (Wildman–Crippen LogP) is 6.07. The van der Waals surface area contributed by atoms with Crippen molar-refractivity contribution in [2.75, 3.05) is 18.3 Å². The fourth-order valence-corrected chi connectivity index (χ4v) is 8.71. The smallest absolute Gasteiger partial charge is 0.248 e. The van der Waals surface area contributed by atoms with E-state index in [4.69, 9.17) is 44.1 Å². The normalized spacial score (nSPS) is 11.2. The van der Waals surface area contributed by atoms with Crippen LogP contribution in [0.5, 0.6) is 0 Å². The second-order valence-corrected chi connectivity index (χ2v) is 11.8. The zero-order valence-electron chi connectivity index (χ0n) is 10.9. The summed E-state index contributed by atoms with van der Waals surface area (Å²) in [6, 6.07) is 5.41. The maximum absolute atomic E-state index is 6.10. The summed E-state index contributed by atoms with van der Waals surface area (Å²) in [5.41, 5.74) is -2.23. The number of rotatable bonds is 8. The molecule has 0 aliphatic carbocycles. The average molecular weight is 572 g/mol. The van der Waals surface area contributed by atoms with E-state index in [0.29, 0.717) is 23.3 Å². The minimum Gasteiger partial charge on any atom is -0.322 e. The molecule has 1 rings (SSSR count). The Bertz CT molecular complexity index is 455. The van der Waals surface area contributed by atoms with Crippen LogP contribution >= 0.6 is 52.0 Å². The molecule has 0 aliphatic heterocycles. The van der Waals surface area contributed by atoms with Crippen molar-refractivity contribution < 1.29 is 30.1 Å². The Morgan fingerprint density at radius 2 is 1.80 bits per heavy atom. The molecule has 0 radical (unpaired) electrons. The average Bonchev–Trinajstić information content (AvgIpc) is 2.34. The van der Waals surface area contributed by atoms with E-state index in [9.17, 15) is 0 Å². The molecule has 118 valence electrons. The van der Waals surface area contributed by atoms with Crippen molar-refractivity contribution in [2.24, 2.45) is 0 Å². The van der Waals surface area contributed by atoms with E-state index in [1.807, 2.05) is 19.9 Å². The van der Waals surface area contributed by atoms with E-state index in [0.717, 1.165) is 9.98 Å². The summed E-state index contributed by atoms with van der Waals surface area (Å²) in [6.07, 6.45) is 0. The van der Waals surface area contributed by atoms with E-state index < -0.39 is 5.69 Å². The van der Waals surface area contributed by atoms with Crippen LogP contribution in [0.15, 0.2) is 23.1 Å². The van der Waals surface area contributed by atoms with Crippen molar-refractivity contribution in [1.82, 2.24) is 0 Å². The van der Waals surface area contributed by atoms with E-state index in [1.54, 1.807) is 23.9 Å². The molecule has 0 aromatic heterocycles. The van der Waals surface area contributed by atoms with Crippen molar-refractivity contribution in [3.05, 3.63) is 28.2 Å². The van der Waals surface area contributed by atoms with Crippen LogP contribution in [-0.4, -0.2) is 18.3 Å². The molecule has 0 amide bonds. The number of halogens is 2. The zero-order valence-corrected chi connectivity index (χ0v) is 18.0. The van der Waals surface area contributed by atoms with Gasteiger partial charge in [0.2, 0.25) is 5.69 Å². The first-order valence-corrected chi connectivity index (χ1v) is 11.6. The molecule has 20 heavy (non-hydrogen) atoms. The van der Waals surface area contributed by atoms with Gasteiger partial charge in [0, 0.05) is 31.0 Å². The molecule has 0 bridgehead atoms. The summed E-state index contributed by atoms with van der Waals surface area (Å²) in [5, 5.41) is 2.08. The van der Waals surface area contributed by atoms with Crippen LogP contribution in [0.25, 0.3) is 0 Å². The molecule has 0 spiro atoms. The van der Waals surface area contributed by atoms with E-state index >= 15 is 0 Å². The van der Waals surface area contributed by atoms with E-state index in [-0.39, 0.29) is 21.1 Å². The molecule has 9 heteroatoms. The molecule has 0 saturated carbocycles. The van der Waals surface area contributed by atoms with Crippen LogP contribution in [0, 0.1) is 0 Å². The van der Waals surface area contributed by atoms with Gasteiger partial charge in [0.1, 0.15) is 0 Å². The molecule has 1 aromatic carbocycles. The topological polar surface area (TPSA) is 18.5 Å². The third-order valence-corrected chi connectivity index (χ3v) is 9.69. The number of thioether (sulfide) groups is 1. The molecule has 0 atom stereocenters. The van der Waals surface area contributed by atoms with Crippen LogP contribution in [0.3, 0.4) is 0 Å². The molecule has 0 fully saturated rings. The quantitative estimate of drug-likeness (QED) is 0.213. The van der Waals surface area contributed by atoms with E-state index in [2.05, 4.69) is 0 Å². The summed E-state index contributed by atoms with van der Waals surface area (Å²) in [4.78, 5) is 0.941. The Morgan fingerprint density at radius 1 is 1.20 bits per heavy atom. The van der Waals surface area contributed by atoms with Gasteiger partial charge in [-0.15, -0.1) is 11.8 Å². The van der Waals surface area contributed by atoms with Gasteiger partial charge in [-0.25, -0.2) is 0 Å². The molecule has 0 saturated heterocycles. The molecule has 0 heterocycles. The maximum atomic E-state index is 6.10. The first kappa shape index (κ1) is 21.8. The predicted molar refractivity (Wildman–Crippen MR) is 92.3 cm³/mol. The minimum absolute atomic E-state index is 0. The Labute approximate surface area is 158 Å². The van der Waals surface area contributed by atoms with Gasteiger partial charge in [-0.2, -0.15) is 0 Å². The van der Waals surface area contributed by atoms with Crippen molar-refractivity contribution in [2.45, 2.75) is 18.7 Å². The molecule has 2 nitrogen and oxygen atoms in total. The number of hydrogen-bond acceptors (Lipinski definition) is 5. The third kappa shape index (κ3) is 7.85. The zero-order chi connectivity index (χ0) is 14.3. The van der Waals surface area contributed by atoms with Gasteiger partial charge < -0.3 is 9.05 Å². The Kier molecular flexibility index (Phi) is 12.3. The molecular weight excluding hydrogens is 557 g/mol. The Balaban J connectivity index is 0.00000361. The van der Waals surface area contributed by atoms with Gasteiger partial charge in [-0.1, -0.05) is 34.6 Å². The minimum atomic E-state index is -2.23. The molecule has 1 aromatic rings. The van der Waals surface area contributed by atoms with Gasteiger partial charge in [0.15, 0.2) is 0 Å². The summed E-state index contributed by atoms with van der Waals surface area (Å²) >= 11 is 20.6. The fourth-order valence-electron chi connectivity index (χ4n) is 1.17. The molecular formula is C11H15Cl2O2PPtS3. The van der Waals surface area contributed by atoms with Crippen LogP contribution in [-0.2, 0) is 41.9 Å². The summed E-state index contributed by atoms with van der Waals surface area (Å²) in [6.45, 7) is 4.96. The van der Waals surface area contributed by atoms with Gasteiger partial charge in [-0.3, -0.25) is 0 Å². The van der Waals surface area contributed by atoms with Gasteiger partial charge in [0.25, 0.3) is 0 Å². The first-order chi connectivity index (χ1) is 9.00. The largest absolute Gasteiger partial charge is 0.322 e. The second kappa shape index (κ2) is 11.3. The van der Waals surface area contributed by atoms with Crippen molar-refractivity contribution >= 4 is 63.8 Å². The first-order valence-electron chi connectivity index (χ1n) is 5.62. The van der Waals surface area contributed by atoms with Gasteiger partial charge >= 0.3 is 0 Å². The standard InChI is InChI=1S/C11H15Cl2O2PS3.Pt/c1-3-14-16(17,15-4-2)19-8-18-11-7-9(12)5-6-10(11)13;/h5-7H,3-4,8H2,1-2H3;. The summed E-state index contributed by atoms with van der Waals surface area (Å²) in [7, 11) is 0. The number of hydrogen-bond donors (Lipinski definition) is 0. The summed E-state index contributed by atoms with van der Waals surface area (Å²) < 4.78 is 11.1. The third-order valence-electron chi connectivity index (χ3n) is 1.89. The van der Waals surface area contributed by atoms with Crippen LogP contribution in [0.2, 0.25) is 10.0 Å². The number of benzene rings is 1. The Hall–Kier alpha value is 1.76.